The third kappa shape index (κ3) is 1.78. The van der Waals surface area contributed by atoms with Crippen LogP contribution in [-0.2, 0) is 5.41 Å². The molecule has 4 fully saturated rings. The molecule has 0 heterocycles. The van der Waals surface area contributed by atoms with Gasteiger partial charge in [0.1, 0.15) is 5.75 Å². The van der Waals surface area contributed by atoms with Gasteiger partial charge in [-0.15, -0.1) is 0 Å². The van der Waals surface area contributed by atoms with Crippen molar-refractivity contribution < 1.29 is 9.90 Å². The lowest BCUT2D eigenvalue weighted by Gasteiger charge is -2.57. The van der Waals surface area contributed by atoms with Crippen LogP contribution < -0.4 is 0 Å². The molecule has 1 N–H and O–H groups in total. The van der Waals surface area contributed by atoms with Crippen molar-refractivity contribution in [2.45, 2.75) is 43.9 Å². The monoisotopic (exact) mass is 334 g/mol. The van der Waals surface area contributed by atoms with Gasteiger partial charge in [0.05, 0.1) is 10.0 Å². The van der Waals surface area contributed by atoms with Crippen LogP contribution in [0.1, 0.15) is 54.4 Å². The van der Waals surface area contributed by atoms with Crippen molar-refractivity contribution in [3.8, 4) is 5.75 Å². The summed E-state index contributed by atoms with van der Waals surface area (Å²) >= 11 is 3.41. The lowest BCUT2D eigenvalue weighted by atomic mass is 9.48. The molecule has 4 aliphatic rings. The molecular weight excluding hydrogens is 316 g/mol. The third-order valence-electron chi connectivity index (χ3n) is 5.87. The molecule has 0 saturated heterocycles. The topological polar surface area (TPSA) is 37.3 Å². The predicted octanol–water partition coefficient (Wildman–Crippen LogP) is 4.44. The van der Waals surface area contributed by atoms with E-state index in [9.17, 15) is 9.90 Å². The summed E-state index contributed by atoms with van der Waals surface area (Å²) in [5.74, 6) is 2.73. The number of phenols is 1. The molecule has 0 amide bonds. The molecule has 0 unspecified atom stereocenters. The molecule has 0 atom stereocenters. The summed E-state index contributed by atoms with van der Waals surface area (Å²) in [6.07, 6.45) is 8.83. The molecule has 0 aromatic heterocycles. The van der Waals surface area contributed by atoms with Crippen LogP contribution in [0.5, 0.6) is 5.75 Å². The van der Waals surface area contributed by atoms with Crippen LogP contribution in [0.3, 0.4) is 0 Å². The van der Waals surface area contributed by atoms with Gasteiger partial charge in [-0.2, -0.15) is 0 Å². The van der Waals surface area contributed by atoms with E-state index in [1.165, 1.54) is 44.1 Å². The summed E-state index contributed by atoms with van der Waals surface area (Å²) in [6.45, 7) is 0. The van der Waals surface area contributed by atoms with Crippen molar-refractivity contribution in [1.29, 1.82) is 0 Å². The number of benzene rings is 1. The number of hydrogen-bond acceptors (Lipinski definition) is 2. The Hall–Kier alpha value is -0.830. The lowest BCUT2D eigenvalue weighted by molar-refractivity contribution is -0.00524. The summed E-state index contributed by atoms with van der Waals surface area (Å²) in [5.41, 5.74) is 1.96. The first-order valence-electron chi connectivity index (χ1n) is 7.58. The molecule has 0 spiro atoms. The number of halogens is 1. The van der Waals surface area contributed by atoms with E-state index in [0.29, 0.717) is 10.0 Å². The molecule has 1 aromatic rings. The quantitative estimate of drug-likeness (QED) is 0.812. The van der Waals surface area contributed by atoms with E-state index in [4.69, 9.17) is 0 Å². The minimum absolute atomic E-state index is 0.0773. The third-order valence-corrected chi connectivity index (χ3v) is 6.47. The van der Waals surface area contributed by atoms with Gasteiger partial charge < -0.3 is 5.11 Å². The van der Waals surface area contributed by atoms with Gasteiger partial charge in [0, 0.05) is 0 Å². The second-order valence-corrected chi connectivity index (χ2v) is 8.07. The van der Waals surface area contributed by atoms with Crippen LogP contribution in [0, 0.1) is 17.8 Å². The van der Waals surface area contributed by atoms with Crippen LogP contribution in [0.2, 0.25) is 0 Å². The second-order valence-electron chi connectivity index (χ2n) is 7.21. The van der Waals surface area contributed by atoms with E-state index in [-0.39, 0.29) is 11.2 Å². The predicted molar refractivity (Wildman–Crippen MR) is 81.0 cm³/mol. The Morgan fingerprint density at radius 2 is 1.65 bits per heavy atom. The highest BCUT2D eigenvalue weighted by atomic mass is 79.9. The Morgan fingerprint density at radius 1 is 1.10 bits per heavy atom. The van der Waals surface area contributed by atoms with E-state index in [1.807, 2.05) is 6.07 Å². The van der Waals surface area contributed by atoms with Crippen LogP contribution >= 0.6 is 15.9 Å². The van der Waals surface area contributed by atoms with E-state index in [1.54, 1.807) is 0 Å². The molecule has 4 bridgehead atoms. The summed E-state index contributed by atoms with van der Waals surface area (Å²) in [6, 6.07) is 3.98. The summed E-state index contributed by atoms with van der Waals surface area (Å²) in [5, 5.41) is 9.93. The SMILES string of the molecule is O=Cc1cc(C23CC4CC(CC(C4)C2)C3)cc(Br)c1O. The van der Waals surface area contributed by atoms with Crippen molar-refractivity contribution in [1.82, 2.24) is 0 Å². The Morgan fingerprint density at radius 3 is 2.15 bits per heavy atom. The fourth-order valence-corrected chi connectivity index (χ4v) is 5.96. The second kappa shape index (κ2) is 4.33. The Bertz CT molecular complexity index is 543. The van der Waals surface area contributed by atoms with Crippen LogP contribution in [-0.4, -0.2) is 11.4 Å². The zero-order valence-electron chi connectivity index (χ0n) is 11.4. The maximum atomic E-state index is 11.2. The molecule has 5 rings (SSSR count). The summed E-state index contributed by atoms with van der Waals surface area (Å²) in [7, 11) is 0. The standard InChI is InChI=1S/C17H19BrO2/c18-15-5-14(4-13(9-19)16(15)20)17-6-10-1-11(7-17)3-12(2-10)8-17/h4-5,9-12,20H,1-3,6-8H2. The molecule has 20 heavy (non-hydrogen) atoms. The number of carbonyl (C=O) groups excluding carboxylic acids is 1. The minimum Gasteiger partial charge on any atom is -0.506 e. The molecule has 4 aliphatic carbocycles. The zero-order chi connectivity index (χ0) is 13.9. The fraction of sp³-hybridized carbons (Fsp3) is 0.588. The van der Waals surface area contributed by atoms with Crippen LogP contribution in [0.15, 0.2) is 16.6 Å². The summed E-state index contributed by atoms with van der Waals surface area (Å²) in [4.78, 5) is 11.2. The highest BCUT2D eigenvalue weighted by molar-refractivity contribution is 9.10. The molecule has 3 heteroatoms. The van der Waals surface area contributed by atoms with Crippen LogP contribution in [0.25, 0.3) is 0 Å². The number of phenolic OH excluding ortho intramolecular Hbond substituents is 1. The Balaban J connectivity index is 1.81. The van der Waals surface area contributed by atoms with Gasteiger partial charge in [-0.05, 0) is 95.3 Å². The Kier molecular flexibility index (Phi) is 2.79. The van der Waals surface area contributed by atoms with Gasteiger partial charge in [-0.3, -0.25) is 4.79 Å². The van der Waals surface area contributed by atoms with Gasteiger partial charge in [-0.25, -0.2) is 0 Å². The van der Waals surface area contributed by atoms with E-state index >= 15 is 0 Å². The van der Waals surface area contributed by atoms with Gasteiger partial charge in [-0.1, -0.05) is 0 Å². The highest BCUT2D eigenvalue weighted by Crippen LogP contribution is 2.61. The molecule has 0 aliphatic heterocycles. The first-order chi connectivity index (χ1) is 9.59. The molecule has 2 nitrogen and oxygen atoms in total. The molecule has 1 aromatic carbocycles. The average Bonchev–Trinajstić information content (AvgIpc) is 2.40. The van der Waals surface area contributed by atoms with Crippen molar-refractivity contribution in [2.75, 3.05) is 0 Å². The van der Waals surface area contributed by atoms with Crippen molar-refractivity contribution >= 4 is 22.2 Å². The van der Waals surface area contributed by atoms with Crippen LogP contribution in [0.4, 0.5) is 0 Å². The number of hydrogen-bond donors (Lipinski definition) is 1. The molecule has 106 valence electrons. The zero-order valence-corrected chi connectivity index (χ0v) is 13.0. The smallest absolute Gasteiger partial charge is 0.153 e. The van der Waals surface area contributed by atoms with Crippen molar-refractivity contribution in [2.24, 2.45) is 17.8 Å². The maximum absolute atomic E-state index is 11.2. The Labute approximate surface area is 127 Å². The average molecular weight is 335 g/mol. The molecular formula is C17H19BrO2. The number of carbonyl (C=O) groups is 1. The first kappa shape index (κ1) is 12.9. The largest absolute Gasteiger partial charge is 0.506 e. The van der Waals surface area contributed by atoms with Crippen molar-refractivity contribution in [3.05, 3.63) is 27.7 Å². The molecule has 0 radical (unpaired) electrons. The van der Waals surface area contributed by atoms with Crippen molar-refractivity contribution in [3.63, 3.8) is 0 Å². The fourth-order valence-electron chi connectivity index (χ4n) is 5.48. The normalized spacial score (nSPS) is 38.1. The minimum atomic E-state index is 0.0773. The van der Waals surface area contributed by atoms with Gasteiger partial charge in [0.15, 0.2) is 6.29 Å². The van der Waals surface area contributed by atoms with E-state index < -0.39 is 0 Å². The first-order valence-corrected chi connectivity index (χ1v) is 8.37. The number of aromatic hydroxyl groups is 1. The summed E-state index contributed by atoms with van der Waals surface area (Å²) < 4.78 is 0.660. The number of aldehydes is 1. The van der Waals surface area contributed by atoms with Gasteiger partial charge in [0.25, 0.3) is 0 Å². The maximum Gasteiger partial charge on any atom is 0.153 e. The van der Waals surface area contributed by atoms with E-state index in [0.717, 1.165) is 24.0 Å². The van der Waals surface area contributed by atoms with E-state index in [2.05, 4.69) is 22.0 Å². The lowest BCUT2D eigenvalue weighted by Crippen LogP contribution is -2.48. The number of rotatable bonds is 2. The highest BCUT2D eigenvalue weighted by Gasteiger charge is 2.51. The molecule has 4 saturated carbocycles. The van der Waals surface area contributed by atoms with Gasteiger partial charge >= 0.3 is 0 Å². The van der Waals surface area contributed by atoms with Gasteiger partial charge in [0.2, 0.25) is 0 Å².